The van der Waals surface area contributed by atoms with E-state index >= 15 is 0 Å². The number of hydrogen-bond acceptors (Lipinski definition) is 3. The molecule has 0 saturated carbocycles. The van der Waals surface area contributed by atoms with Gasteiger partial charge in [-0.3, -0.25) is 4.79 Å². The molecule has 2 rings (SSSR count). The fourth-order valence-electron chi connectivity index (χ4n) is 1.42. The molecule has 2 aromatic rings. The molecule has 5 heteroatoms. The van der Waals surface area contributed by atoms with Crippen molar-refractivity contribution in [2.75, 3.05) is 7.11 Å². The second-order valence-corrected chi connectivity index (χ2v) is 3.09. The highest BCUT2D eigenvalue weighted by atomic mass is 35.5. The van der Waals surface area contributed by atoms with Crippen LogP contribution in [0.1, 0.15) is 10.4 Å². The van der Waals surface area contributed by atoms with Crippen LogP contribution in [0.3, 0.4) is 0 Å². The minimum Gasteiger partial charge on any atom is -0.465 e. The van der Waals surface area contributed by atoms with E-state index in [0.29, 0.717) is 16.5 Å². The highest BCUT2D eigenvalue weighted by Gasteiger charge is 2.06. The quantitative estimate of drug-likeness (QED) is 0.771. The van der Waals surface area contributed by atoms with Crippen molar-refractivity contribution in [3.63, 3.8) is 0 Å². The van der Waals surface area contributed by atoms with Crippen molar-refractivity contribution in [1.29, 1.82) is 0 Å². The van der Waals surface area contributed by atoms with E-state index in [-0.39, 0.29) is 17.8 Å². The number of H-pyrrole nitrogens is 1. The molecule has 0 unspecified atom stereocenters. The molecule has 16 heavy (non-hydrogen) atoms. The maximum Gasteiger partial charge on any atom is 0.337 e. The Bertz CT molecular complexity index is 577. The molecule has 0 spiro atoms. The van der Waals surface area contributed by atoms with Crippen molar-refractivity contribution < 1.29 is 9.53 Å². The van der Waals surface area contributed by atoms with E-state index in [4.69, 9.17) is 0 Å². The topological polar surface area (TPSA) is 59.2 Å². The number of pyridine rings is 1. The number of ether oxygens (including phenoxy) is 1. The van der Waals surface area contributed by atoms with Gasteiger partial charge in [-0.1, -0.05) is 0 Å². The van der Waals surface area contributed by atoms with E-state index in [9.17, 15) is 9.59 Å². The molecule has 0 saturated heterocycles. The van der Waals surface area contributed by atoms with Crippen molar-refractivity contribution in [3.8, 4) is 0 Å². The SMILES string of the molecule is COC(=O)c1ccc2c(=O)cc[nH]c2c1.Cl. The standard InChI is InChI=1S/C11H9NO3.ClH/c1-15-11(14)7-2-3-8-9(6-7)12-5-4-10(8)13;/h2-6H,1H3,(H,12,13);1H. The summed E-state index contributed by atoms with van der Waals surface area (Å²) >= 11 is 0. The highest BCUT2D eigenvalue weighted by molar-refractivity contribution is 5.94. The first-order valence-electron chi connectivity index (χ1n) is 4.42. The summed E-state index contributed by atoms with van der Waals surface area (Å²) in [4.78, 5) is 25.5. The smallest absolute Gasteiger partial charge is 0.337 e. The Kier molecular flexibility index (Phi) is 3.68. The van der Waals surface area contributed by atoms with Crippen LogP contribution in [0.15, 0.2) is 35.3 Å². The van der Waals surface area contributed by atoms with Gasteiger partial charge in [-0.05, 0) is 18.2 Å². The van der Waals surface area contributed by atoms with Crippen LogP contribution in [0.25, 0.3) is 10.9 Å². The van der Waals surface area contributed by atoms with Gasteiger partial charge in [0.1, 0.15) is 0 Å². The number of carbonyl (C=O) groups excluding carboxylic acids is 1. The first-order chi connectivity index (χ1) is 7.22. The van der Waals surface area contributed by atoms with Gasteiger partial charge in [0.25, 0.3) is 0 Å². The number of rotatable bonds is 1. The minimum absolute atomic E-state index is 0. The lowest BCUT2D eigenvalue weighted by Crippen LogP contribution is -2.04. The van der Waals surface area contributed by atoms with Gasteiger partial charge >= 0.3 is 5.97 Å². The maximum absolute atomic E-state index is 11.4. The van der Waals surface area contributed by atoms with Gasteiger partial charge in [-0.2, -0.15) is 0 Å². The summed E-state index contributed by atoms with van der Waals surface area (Å²) in [5.74, 6) is -0.415. The predicted octanol–water partition coefficient (Wildman–Crippen LogP) is 1.74. The van der Waals surface area contributed by atoms with Crippen LogP contribution < -0.4 is 5.43 Å². The number of hydrogen-bond donors (Lipinski definition) is 1. The van der Waals surface area contributed by atoms with E-state index in [0.717, 1.165) is 0 Å². The van der Waals surface area contributed by atoms with Crippen LogP contribution in [0, 0.1) is 0 Å². The number of methoxy groups -OCH3 is 1. The average molecular weight is 240 g/mol. The van der Waals surface area contributed by atoms with Gasteiger partial charge in [0.15, 0.2) is 5.43 Å². The molecule has 0 aliphatic rings. The minimum atomic E-state index is -0.415. The van der Waals surface area contributed by atoms with E-state index < -0.39 is 5.97 Å². The van der Waals surface area contributed by atoms with Crippen molar-refractivity contribution in [2.24, 2.45) is 0 Å². The number of aromatic amines is 1. The zero-order valence-corrected chi connectivity index (χ0v) is 9.34. The summed E-state index contributed by atoms with van der Waals surface area (Å²) < 4.78 is 4.58. The molecule has 0 aliphatic carbocycles. The first-order valence-corrected chi connectivity index (χ1v) is 4.42. The van der Waals surface area contributed by atoms with E-state index in [1.54, 1.807) is 24.4 Å². The first kappa shape index (κ1) is 12.3. The van der Waals surface area contributed by atoms with Gasteiger partial charge in [0, 0.05) is 17.6 Å². The maximum atomic E-state index is 11.4. The third-order valence-corrected chi connectivity index (χ3v) is 2.18. The van der Waals surface area contributed by atoms with Gasteiger partial charge in [0.2, 0.25) is 0 Å². The second kappa shape index (κ2) is 4.81. The summed E-state index contributed by atoms with van der Waals surface area (Å²) in [6, 6.07) is 6.23. The molecule has 84 valence electrons. The third kappa shape index (κ3) is 2.06. The van der Waals surface area contributed by atoms with Crippen molar-refractivity contribution in [3.05, 3.63) is 46.2 Å². The lowest BCUT2D eigenvalue weighted by molar-refractivity contribution is 0.0601. The highest BCUT2D eigenvalue weighted by Crippen LogP contribution is 2.10. The lowest BCUT2D eigenvalue weighted by Gasteiger charge is -2.00. The van der Waals surface area contributed by atoms with Gasteiger partial charge in [0.05, 0.1) is 18.2 Å². The fraction of sp³-hybridized carbons (Fsp3) is 0.0909. The molecule has 1 aromatic heterocycles. The van der Waals surface area contributed by atoms with Crippen molar-refractivity contribution in [1.82, 2.24) is 4.98 Å². The Balaban J connectivity index is 0.00000128. The van der Waals surface area contributed by atoms with E-state index in [1.165, 1.54) is 13.2 Å². The van der Waals surface area contributed by atoms with Crippen LogP contribution in [-0.4, -0.2) is 18.1 Å². The molecule has 0 bridgehead atoms. The van der Waals surface area contributed by atoms with Crippen molar-refractivity contribution in [2.45, 2.75) is 0 Å². The van der Waals surface area contributed by atoms with Gasteiger partial charge < -0.3 is 9.72 Å². The molecule has 4 nitrogen and oxygen atoms in total. The number of nitrogens with one attached hydrogen (secondary N) is 1. The van der Waals surface area contributed by atoms with Crippen LogP contribution in [-0.2, 0) is 4.74 Å². The van der Waals surface area contributed by atoms with Crippen molar-refractivity contribution >= 4 is 29.3 Å². The summed E-state index contributed by atoms with van der Waals surface area (Å²) in [5.41, 5.74) is 0.984. The van der Waals surface area contributed by atoms with Crippen LogP contribution in [0.5, 0.6) is 0 Å². The van der Waals surface area contributed by atoms with Crippen LogP contribution in [0.2, 0.25) is 0 Å². The zero-order valence-electron chi connectivity index (χ0n) is 8.52. The Morgan fingerprint density at radius 1 is 1.31 bits per heavy atom. The number of halogens is 1. The van der Waals surface area contributed by atoms with Gasteiger partial charge in [-0.25, -0.2) is 4.79 Å². The summed E-state index contributed by atoms with van der Waals surface area (Å²) in [6.45, 7) is 0. The van der Waals surface area contributed by atoms with Gasteiger partial charge in [-0.15, -0.1) is 12.4 Å². The Morgan fingerprint density at radius 3 is 2.75 bits per heavy atom. The molecule has 0 radical (unpaired) electrons. The predicted molar refractivity (Wildman–Crippen MR) is 63.2 cm³/mol. The number of benzene rings is 1. The molecule has 0 atom stereocenters. The Hall–Kier alpha value is -1.81. The molecular formula is C11H10ClNO3. The third-order valence-electron chi connectivity index (χ3n) is 2.18. The summed E-state index contributed by atoms with van der Waals surface area (Å²) in [7, 11) is 1.32. The number of esters is 1. The Labute approximate surface area is 97.7 Å². The van der Waals surface area contributed by atoms with Crippen LogP contribution in [0.4, 0.5) is 0 Å². The van der Waals surface area contributed by atoms with E-state index in [2.05, 4.69) is 9.72 Å². The normalized spacial score (nSPS) is 9.56. The van der Waals surface area contributed by atoms with Crippen LogP contribution >= 0.6 is 12.4 Å². The lowest BCUT2D eigenvalue weighted by atomic mass is 10.1. The molecule has 1 N–H and O–H groups in total. The van der Waals surface area contributed by atoms with E-state index in [1.807, 2.05) is 0 Å². The average Bonchev–Trinajstić information content (AvgIpc) is 2.28. The molecule has 1 heterocycles. The molecule has 1 aromatic carbocycles. The molecule has 0 amide bonds. The zero-order chi connectivity index (χ0) is 10.8. The Morgan fingerprint density at radius 2 is 2.06 bits per heavy atom. The molecular weight excluding hydrogens is 230 g/mol. The summed E-state index contributed by atoms with van der Waals surface area (Å²) in [6.07, 6.45) is 1.55. The monoisotopic (exact) mass is 239 g/mol. The number of fused-ring (bicyclic) bond motifs is 1. The largest absolute Gasteiger partial charge is 0.465 e. The number of aromatic nitrogens is 1. The molecule has 0 fully saturated rings. The fourth-order valence-corrected chi connectivity index (χ4v) is 1.42. The molecule has 0 aliphatic heterocycles. The summed E-state index contributed by atoms with van der Waals surface area (Å²) in [5, 5.41) is 0.560. The second-order valence-electron chi connectivity index (χ2n) is 3.09. The number of carbonyl (C=O) groups is 1.